The summed E-state index contributed by atoms with van der Waals surface area (Å²) >= 11 is 0. The predicted molar refractivity (Wildman–Crippen MR) is 78.4 cm³/mol. The van der Waals surface area contributed by atoms with Crippen LogP contribution in [0.3, 0.4) is 0 Å². The number of aliphatic hydroxyl groups is 2. The second-order valence-corrected chi connectivity index (χ2v) is 4.98. The number of rotatable bonds is 6. The average Bonchev–Trinajstić information content (AvgIpc) is 2.43. The Morgan fingerprint density at radius 1 is 1.11 bits per heavy atom. The van der Waals surface area contributed by atoms with Crippen molar-refractivity contribution < 1.29 is 10.2 Å². The van der Waals surface area contributed by atoms with E-state index in [9.17, 15) is 5.11 Å². The van der Waals surface area contributed by atoms with Gasteiger partial charge < -0.3 is 15.5 Å². The van der Waals surface area contributed by atoms with Crippen LogP contribution < -0.4 is 5.32 Å². The molecule has 3 nitrogen and oxygen atoms in total. The third-order valence-corrected chi connectivity index (χ3v) is 3.24. The molecule has 0 saturated heterocycles. The molecule has 0 aromatic heterocycles. The number of benzene rings is 2. The van der Waals surface area contributed by atoms with Gasteiger partial charge in [0.1, 0.15) is 0 Å². The number of nitrogens with one attached hydrogen (secondary N) is 1. The molecule has 3 N–H and O–H groups in total. The lowest BCUT2D eigenvalue weighted by Crippen LogP contribution is -2.30. The zero-order valence-corrected chi connectivity index (χ0v) is 11.3. The minimum atomic E-state index is -0.667. The van der Waals surface area contributed by atoms with Gasteiger partial charge in [-0.15, -0.1) is 0 Å². The standard InChI is InChI=1S/C16H21NO2/c1-12-2-4-15-9-13(3-5-14(15)8-12)6-7-17-10-16(19)11-18/h2-5,8-9,16-19H,6-7,10-11H2,1H3. The molecule has 1 unspecified atom stereocenters. The summed E-state index contributed by atoms with van der Waals surface area (Å²) in [5, 5.41) is 23.6. The molecule has 2 aromatic carbocycles. The van der Waals surface area contributed by atoms with Gasteiger partial charge in [0.2, 0.25) is 0 Å². The molecule has 3 heteroatoms. The average molecular weight is 259 g/mol. The monoisotopic (exact) mass is 259 g/mol. The molecular formula is C16H21NO2. The maximum Gasteiger partial charge on any atom is 0.0894 e. The molecule has 0 fully saturated rings. The lowest BCUT2D eigenvalue weighted by atomic mass is 10.0. The Balaban J connectivity index is 1.92. The summed E-state index contributed by atoms with van der Waals surface area (Å²) in [6, 6.07) is 13.0. The van der Waals surface area contributed by atoms with Gasteiger partial charge in [0.25, 0.3) is 0 Å². The fraction of sp³-hybridized carbons (Fsp3) is 0.375. The van der Waals surface area contributed by atoms with Crippen LogP contribution in [0.25, 0.3) is 10.8 Å². The SMILES string of the molecule is Cc1ccc2cc(CCNCC(O)CO)ccc2c1. The van der Waals surface area contributed by atoms with Crippen LogP contribution in [0.2, 0.25) is 0 Å². The van der Waals surface area contributed by atoms with E-state index in [0.717, 1.165) is 13.0 Å². The second kappa shape index (κ2) is 6.66. The Morgan fingerprint density at radius 2 is 1.84 bits per heavy atom. The Kier molecular flexibility index (Phi) is 4.91. The van der Waals surface area contributed by atoms with Gasteiger partial charge in [0, 0.05) is 6.54 Å². The lowest BCUT2D eigenvalue weighted by molar-refractivity contribution is 0.0947. The number of hydrogen-bond acceptors (Lipinski definition) is 3. The van der Waals surface area contributed by atoms with Crippen molar-refractivity contribution in [3.63, 3.8) is 0 Å². The summed E-state index contributed by atoms with van der Waals surface area (Å²) in [5.41, 5.74) is 2.56. The van der Waals surface area contributed by atoms with Gasteiger partial charge in [-0.2, -0.15) is 0 Å². The molecule has 1 atom stereocenters. The minimum absolute atomic E-state index is 0.192. The lowest BCUT2D eigenvalue weighted by Gasteiger charge is -2.09. The minimum Gasteiger partial charge on any atom is -0.394 e. The van der Waals surface area contributed by atoms with Gasteiger partial charge >= 0.3 is 0 Å². The van der Waals surface area contributed by atoms with Crippen LogP contribution in [0.1, 0.15) is 11.1 Å². The molecule has 0 saturated carbocycles. The molecule has 0 aliphatic carbocycles. The Bertz CT molecular complexity index is 539. The van der Waals surface area contributed by atoms with E-state index < -0.39 is 6.10 Å². The first-order valence-electron chi connectivity index (χ1n) is 6.68. The predicted octanol–water partition coefficient (Wildman–Crippen LogP) is 1.63. The smallest absolute Gasteiger partial charge is 0.0894 e. The normalized spacial score (nSPS) is 12.8. The largest absolute Gasteiger partial charge is 0.394 e. The molecule has 0 aliphatic rings. The van der Waals surface area contributed by atoms with Crippen molar-refractivity contribution in [3.05, 3.63) is 47.5 Å². The highest BCUT2D eigenvalue weighted by atomic mass is 16.3. The van der Waals surface area contributed by atoms with E-state index in [-0.39, 0.29) is 6.61 Å². The van der Waals surface area contributed by atoms with Gasteiger partial charge in [-0.1, -0.05) is 42.0 Å². The Labute approximate surface area is 113 Å². The van der Waals surface area contributed by atoms with Gasteiger partial charge in [-0.25, -0.2) is 0 Å². The summed E-state index contributed by atoms with van der Waals surface area (Å²) in [6.07, 6.45) is 0.252. The van der Waals surface area contributed by atoms with Crippen molar-refractivity contribution in [3.8, 4) is 0 Å². The van der Waals surface area contributed by atoms with E-state index in [1.54, 1.807) is 0 Å². The van der Waals surface area contributed by atoms with E-state index in [4.69, 9.17) is 5.11 Å². The van der Waals surface area contributed by atoms with Crippen molar-refractivity contribution in [2.45, 2.75) is 19.4 Å². The van der Waals surface area contributed by atoms with Crippen LogP contribution in [0.15, 0.2) is 36.4 Å². The molecule has 2 rings (SSSR count). The van der Waals surface area contributed by atoms with Crippen LogP contribution >= 0.6 is 0 Å². The fourth-order valence-corrected chi connectivity index (χ4v) is 2.14. The molecule has 0 aliphatic heterocycles. The molecule has 0 radical (unpaired) electrons. The van der Waals surface area contributed by atoms with Crippen LogP contribution in [0.5, 0.6) is 0 Å². The second-order valence-electron chi connectivity index (χ2n) is 4.98. The molecule has 0 spiro atoms. The first-order valence-corrected chi connectivity index (χ1v) is 6.68. The molecule has 0 amide bonds. The van der Waals surface area contributed by atoms with E-state index in [2.05, 4.69) is 48.6 Å². The molecule has 19 heavy (non-hydrogen) atoms. The van der Waals surface area contributed by atoms with Crippen molar-refractivity contribution in [2.24, 2.45) is 0 Å². The van der Waals surface area contributed by atoms with E-state index in [1.807, 2.05) is 0 Å². The summed E-state index contributed by atoms with van der Waals surface area (Å²) in [7, 11) is 0. The quantitative estimate of drug-likeness (QED) is 0.691. The number of hydrogen-bond donors (Lipinski definition) is 3. The first kappa shape index (κ1) is 14.0. The van der Waals surface area contributed by atoms with Crippen LogP contribution in [-0.4, -0.2) is 36.0 Å². The molecule has 0 heterocycles. The zero-order valence-electron chi connectivity index (χ0n) is 11.3. The van der Waals surface area contributed by atoms with E-state index >= 15 is 0 Å². The molecule has 2 aromatic rings. The number of aliphatic hydroxyl groups excluding tert-OH is 2. The Hall–Kier alpha value is -1.42. The highest BCUT2D eigenvalue weighted by Gasteiger charge is 2.01. The van der Waals surface area contributed by atoms with Crippen molar-refractivity contribution in [2.75, 3.05) is 19.7 Å². The van der Waals surface area contributed by atoms with Crippen LogP contribution in [0, 0.1) is 6.92 Å². The zero-order chi connectivity index (χ0) is 13.7. The summed E-state index contributed by atoms with van der Waals surface area (Å²) < 4.78 is 0. The molecule has 102 valence electrons. The third-order valence-electron chi connectivity index (χ3n) is 3.24. The van der Waals surface area contributed by atoms with Crippen molar-refractivity contribution in [1.82, 2.24) is 5.32 Å². The van der Waals surface area contributed by atoms with Crippen molar-refractivity contribution >= 4 is 10.8 Å². The van der Waals surface area contributed by atoms with E-state index in [1.165, 1.54) is 21.9 Å². The van der Waals surface area contributed by atoms with Gasteiger partial charge in [0.05, 0.1) is 12.7 Å². The maximum absolute atomic E-state index is 9.21. The van der Waals surface area contributed by atoms with Crippen molar-refractivity contribution in [1.29, 1.82) is 0 Å². The van der Waals surface area contributed by atoms with Gasteiger partial charge in [-0.3, -0.25) is 0 Å². The summed E-state index contributed by atoms with van der Waals surface area (Å²) in [4.78, 5) is 0. The van der Waals surface area contributed by atoms with Gasteiger partial charge in [0.15, 0.2) is 0 Å². The topological polar surface area (TPSA) is 52.5 Å². The maximum atomic E-state index is 9.21. The first-order chi connectivity index (χ1) is 9.19. The highest BCUT2D eigenvalue weighted by molar-refractivity contribution is 5.83. The number of fused-ring (bicyclic) bond motifs is 1. The summed E-state index contributed by atoms with van der Waals surface area (Å²) in [5.74, 6) is 0. The van der Waals surface area contributed by atoms with E-state index in [0.29, 0.717) is 6.54 Å². The molecule has 0 bridgehead atoms. The molecular weight excluding hydrogens is 238 g/mol. The Morgan fingerprint density at radius 3 is 2.63 bits per heavy atom. The van der Waals surface area contributed by atoms with Crippen LogP contribution in [-0.2, 0) is 6.42 Å². The summed E-state index contributed by atoms with van der Waals surface area (Å²) in [6.45, 7) is 3.14. The highest BCUT2D eigenvalue weighted by Crippen LogP contribution is 2.17. The van der Waals surface area contributed by atoms with Crippen LogP contribution in [0.4, 0.5) is 0 Å². The fourth-order valence-electron chi connectivity index (χ4n) is 2.14. The number of aryl methyl sites for hydroxylation is 1. The third kappa shape index (κ3) is 4.03. The van der Waals surface area contributed by atoms with Gasteiger partial charge in [-0.05, 0) is 36.2 Å².